The fraction of sp³-hybridized carbons (Fsp3) is 0.294. The van der Waals surface area contributed by atoms with Crippen LogP contribution in [0, 0.1) is 0 Å². The standard InChI is InChI=1S/C17H20N4O2/c18-13-15-17(16-9-6-12-23-16)21(20-19-15)10-4-5-11-22-14-7-2-1-3-8-14/h1-3,6-9,12H,4-5,10-11,13,18H2. The van der Waals surface area contributed by atoms with Gasteiger partial charge in [0.15, 0.2) is 5.76 Å². The van der Waals surface area contributed by atoms with E-state index < -0.39 is 0 Å². The fourth-order valence-corrected chi connectivity index (χ4v) is 2.40. The van der Waals surface area contributed by atoms with Gasteiger partial charge in [-0.25, -0.2) is 4.68 Å². The SMILES string of the molecule is NCc1nnn(CCCCOc2ccccc2)c1-c1ccco1. The zero-order chi connectivity index (χ0) is 15.9. The molecule has 6 heteroatoms. The van der Waals surface area contributed by atoms with Gasteiger partial charge in [-0.15, -0.1) is 5.10 Å². The van der Waals surface area contributed by atoms with E-state index in [-0.39, 0.29) is 0 Å². The van der Waals surface area contributed by atoms with Crippen molar-refractivity contribution in [2.24, 2.45) is 5.73 Å². The smallest absolute Gasteiger partial charge is 0.153 e. The lowest BCUT2D eigenvalue weighted by atomic mass is 10.2. The van der Waals surface area contributed by atoms with Crippen molar-refractivity contribution in [2.75, 3.05) is 6.61 Å². The Hall–Kier alpha value is -2.60. The Labute approximate surface area is 134 Å². The monoisotopic (exact) mass is 312 g/mol. The molecule has 0 saturated carbocycles. The van der Waals surface area contributed by atoms with E-state index >= 15 is 0 Å². The number of benzene rings is 1. The average molecular weight is 312 g/mol. The quantitative estimate of drug-likeness (QED) is 0.647. The van der Waals surface area contributed by atoms with Gasteiger partial charge in [-0.05, 0) is 37.1 Å². The van der Waals surface area contributed by atoms with Crippen molar-refractivity contribution in [3.05, 3.63) is 54.4 Å². The molecule has 0 spiro atoms. The van der Waals surface area contributed by atoms with E-state index in [9.17, 15) is 0 Å². The predicted molar refractivity (Wildman–Crippen MR) is 86.8 cm³/mol. The summed E-state index contributed by atoms with van der Waals surface area (Å²) in [6, 6.07) is 13.6. The average Bonchev–Trinajstić information content (AvgIpc) is 3.24. The first-order valence-electron chi connectivity index (χ1n) is 7.72. The van der Waals surface area contributed by atoms with Gasteiger partial charge < -0.3 is 14.9 Å². The van der Waals surface area contributed by atoms with Crippen LogP contribution < -0.4 is 10.5 Å². The second-order valence-electron chi connectivity index (χ2n) is 5.16. The molecule has 2 heterocycles. The zero-order valence-electron chi connectivity index (χ0n) is 12.9. The van der Waals surface area contributed by atoms with Crippen molar-refractivity contribution in [2.45, 2.75) is 25.9 Å². The number of hydrogen-bond acceptors (Lipinski definition) is 5. The van der Waals surface area contributed by atoms with Gasteiger partial charge >= 0.3 is 0 Å². The van der Waals surface area contributed by atoms with Crippen LogP contribution in [0.3, 0.4) is 0 Å². The molecule has 2 N–H and O–H groups in total. The maximum absolute atomic E-state index is 5.73. The van der Waals surface area contributed by atoms with E-state index in [1.54, 1.807) is 6.26 Å². The second kappa shape index (κ2) is 7.60. The minimum absolute atomic E-state index is 0.340. The van der Waals surface area contributed by atoms with E-state index in [0.717, 1.165) is 42.3 Å². The van der Waals surface area contributed by atoms with E-state index in [1.165, 1.54) is 0 Å². The Morgan fingerprint density at radius 1 is 1.09 bits per heavy atom. The molecule has 0 unspecified atom stereocenters. The second-order valence-corrected chi connectivity index (χ2v) is 5.16. The number of rotatable bonds is 8. The molecule has 6 nitrogen and oxygen atoms in total. The lowest BCUT2D eigenvalue weighted by Gasteiger charge is -2.07. The minimum atomic E-state index is 0.340. The summed E-state index contributed by atoms with van der Waals surface area (Å²) < 4.78 is 13.0. The molecule has 0 aliphatic heterocycles. The van der Waals surface area contributed by atoms with Crippen LogP contribution in [0.5, 0.6) is 5.75 Å². The van der Waals surface area contributed by atoms with Crippen LogP contribution in [0.1, 0.15) is 18.5 Å². The van der Waals surface area contributed by atoms with Gasteiger partial charge in [0.25, 0.3) is 0 Å². The molecule has 0 atom stereocenters. The molecule has 0 fully saturated rings. The third kappa shape index (κ3) is 3.78. The highest BCUT2D eigenvalue weighted by molar-refractivity contribution is 5.55. The summed E-state index contributed by atoms with van der Waals surface area (Å²) in [5.74, 6) is 1.64. The number of aromatic nitrogens is 3. The van der Waals surface area contributed by atoms with E-state index in [4.69, 9.17) is 14.9 Å². The molecule has 23 heavy (non-hydrogen) atoms. The minimum Gasteiger partial charge on any atom is -0.494 e. The molecule has 0 bridgehead atoms. The highest BCUT2D eigenvalue weighted by Gasteiger charge is 2.15. The molecular weight excluding hydrogens is 292 g/mol. The first kappa shape index (κ1) is 15.3. The summed E-state index contributed by atoms with van der Waals surface area (Å²) in [4.78, 5) is 0. The van der Waals surface area contributed by atoms with Gasteiger partial charge in [-0.3, -0.25) is 0 Å². The van der Waals surface area contributed by atoms with Gasteiger partial charge in [0.1, 0.15) is 17.1 Å². The maximum atomic E-state index is 5.73. The number of nitrogens with two attached hydrogens (primary N) is 1. The van der Waals surface area contributed by atoms with Crippen LogP contribution in [0.15, 0.2) is 53.1 Å². The number of furan rings is 1. The Morgan fingerprint density at radius 2 is 1.96 bits per heavy atom. The number of aryl methyl sites for hydroxylation is 1. The van der Waals surface area contributed by atoms with Gasteiger partial charge in [0.05, 0.1) is 12.9 Å². The van der Waals surface area contributed by atoms with Crippen LogP contribution in [0.4, 0.5) is 0 Å². The summed E-state index contributed by atoms with van der Waals surface area (Å²) in [6.45, 7) is 1.77. The van der Waals surface area contributed by atoms with Crippen molar-refractivity contribution in [3.63, 3.8) is 0 Å². The van der Waals surface area contributed by atoms with Crippen LogP contribution >= 0.6 is 0 Å². The van der Waals surface area contributed by atoms with Crippen LogP contribution in [-0.4, -0.2) is 21.6 Å². The van der Waals surface area contributed by atoms with Crippen molar-refractivity contribution in [1.82, 2.24) is 15.0 Å². The number of ether oxygens (including phenoxy) is 1. The first-order valence-corrected chi connectivity index (χ1v) is 7.72. The molecule has 3 aromatic rings. The van der Waals surface area contributed by atoms with Crippen LogP contribution in [0.25, 0.3) is 11.5 Å². The van der Waals surface area contributed by atoms with Crippen molar-refractivity contribution in [3.8, 4) is 17.2 Å². The van der Waals surface area contributed by atoms with Gasteiger partial charge in [0.2, 0.25) is 0 Å². The van der Waals surface area contributed by atoms with Crippen molar-refractivity contribution < 1.29 is 9.15 Å². The summed E-state index contributed by atoms with van der Waals surface area (Å²) in [5, 5.41) is 8.32. The van der Waals surface area contributed by atoms with E-state index in [0.29, 0.717) is 13.2 Å². The topological polar surface area (TPSA) is 79.1 Å². The molecule has 0 radical (unpaired) electrons. The van der Waals surface area contributed by atoms with Crippen LogP contribution in [0.2, 0.25) is 0 Å². The zero-order valence-corrected chi connectivity index (χ0v) is 12.9. The number of nitrogens with zero attached hydrogens (tertiary/aromatic N) is 3. The lowest BCUT2D eigenvalue weighted by molar-refractivity contribution is 0.301. The predicted octanol–water partition coefficient (Wildman–Crippen LogP) is 2.86. The van der Waals surface area contributed by atoms with Crippen molar-refractivity contribution in [1.29, 1.82) is 0 Å². The number of unbranched alkanes of at least 4 members (excludes halogenated alkanes) is 1. The van der Waals surface area contributed by atoms with Crippen molar-refractivity contribution >= 4 is 0 Å². The summed E-state index contributed by atoms with van der Waals surface area (Å²) in [7, 11) is 0. The number of hydrogen-bond donors (Lipinski definition) is 1. The van der Waals surface area contributed by atoms with E-state index in [1.807, 2.05) is 47.1 Å². The molecular formula is C17H20N4O2. The molecule has 1 aromatic carbocycles. The molecule has 0 aliphatic carbocycles. The maximum Gasteiger partial charge on any atom is 0.153 e. The first-order chi connectivity index (χ1) is 11.4. The lowest BCUT2D eigenvalue weighted by Crippen LogP contribution is -2.06. The van der Waals surface area contributed by atoms with E-state index in [2.05, 4.69) is 10.3 Å². The summed E-state index contributed by atoms with van der Waals surface area (Å²) in [5.41, 5.74) is 7.35. The molecule has 0 saturated heterocycles. The van der Waals surface area contributed by atoms with Gasteiger partial charge in [0, 0.05) is 13.1 Å². The Morgan fingerprint density at radius 3 is 2.70 bits per heavy atom. The molecule has 2 aromatic heterocycles. The Kier molecular flexibility index (Phi) is 5.06. The molecule has 0 aliphatic rings. The third-order valence-electron chi connectivity index (χ3n) is 3.53. The van der Waals surface area contributed by atoms with Gasteiger partial charge in [-0.1, -0.05) is 23.4 Å². The summed E-state index contributed by atoms with van der Waals surface area (Å²) in [6.07, 6.45) is 3.51. The highest BCUT2D eigenvalue weighted by Crippen LogP contribution is 2.22. The Bertz CT molecular complexity index is 708. The Balaban J connectivity index is 1.54. The van der Waals surface area contributed by atoms with Crippen LogP contribution in [-0.2, 0) is 13.1 Å². The number of para-hydroxylation sites is 1. The normalized spacial score (nSPS) is 10.8. The molecule has 0 amide bonds. The largest absolute Gasteiger partial charge is 0.494 e. The summed E-state index contributed by atoms with van der Waals surface area (Å²) >= 11 is 0. The molecule has 3 rings (SSSR count). The molecule has 120 valence electrons. The highest BCUT2D eigenvalue weighted by atomic mass is 16.5. The fourth-order valence-electron chi connectivity index (χ4n) is 2.40. The van der Waals surface area contributed by atoms with Gasteiger partial charge in [-0.2, -0.15) is 0 Å². The third-order valence-corrected chi connectivity index (χ3v) is 3.53.